The number of benzene rings is 3. The molecule has 1 atom stereocenters. The molecule has 3 aromatic rings. The monoisotopic (exact) mass is 417 g/mol. The van der Waals surface area contributed by atoms with Gasteiger partial charge in [0.15, 0.2) is 0 Å². The standard InChI is InChI=1S/C27H31NO3/c1-28(2)18-19-31-24-16-14-23(15-17-24)26(21-10-6-4-7-11-21)27(25(20-29)30-3)22-12-8-5-9-13-22/h4-17,25,29H,18-20H2,1-3H3/b27-26-. The molecule has 1 N–H and O–H groups in total. The van der Waals surface area contributed by atoms with Gasteiger partial charge < -0.3 is 19.5 Å². The Hall–Kier alpha value is -2.92. The number of rotatable bonds is 10. The number of aliphatic hydroxyl groups is 1. The van der Waals surface area contributed by atoms with E-state index in [2.05, 4.69) is 41.3 Å². The van der Waals surface area contributed by atoms with Gasteiger partial charge in [-0.05, 0) is 54.1 Å². The first-order valence-electron chi connectivity index (χ1n) is 10.5. The van der Waals surface area contributed by atoms with Gasteiger partial charge in [-0.3, -0.25) is 0 Å². The fourth-order valence-corrected chi connectivity index (χ4v) is 3.54. The number of methoxy groups -OCH3 is 1. The van der Waals surface area contributed by atoms with Gasteiger partial charge in [0.2, 0.25) is 0 Å². The first kappa shape index (κ1) is 22.8. The molecule has 0 saturated heterocycles. The number of likely N-dealkylation sites (N-methyl/N-ethyl adjacent to an activating group) is 1. The molecule has 0 aromatic heterocycles. The van der Waals surface area contributed by atoms with Crippen molar-refractivity contribution >= 4 is 11.1 Å². The second-order valence-corrected chi connectivity index (χ2v) is 7.60. The van der Waals surface area contributed by atoms with Crippen molar-refractivity contribution in [3.63, 3.8) is 0 Å². The highest BCUT2D eigenvalue weighted by Crippen LogP contribution is 2.36. The van der Waals surface area contributed by atoms with Crippen LogP contribution in [0.2, 0.25) is 0 Å². The molecule has 0 fully saturated rings. The van der Waals surface area contributed by atoms with Crippen molar-refractivity contribution in [3.05, 3.63) is 102 Å². The number of nitrogens with zero attached hydrogens (tertiary/aromatic N) is 1. The van der Waals surface area contributed by atoms with Gasteiger partial charge in [-0.2, -0.15) is 0 Å². The van der Waals surface area contributed by atoms with Crippen LogP contribution >= 0.6 is 0 Å². The minimum absolute atomic E-state index is 0.108. The number of hydrogen-bond acceptors (Lipinski definition) is 4. The molecule has 0 spiro atoms. The Morgan fingerprint density at radius 2 is 1.35 bits per heavy atom. The van der Waals surface area contributed by atoms with E-state index in [0.717, 1.165) is 40.1 Å². The fraction of sp³-hybridized carbons (Fsp3) is 0.259. The van der Waals surface area contributed by atoms with Gasteiger partial charge in [0, 0.05) is 13.7 Å². The third-order valence-corrected chi connectivity index (χ3v) is 5.14. The predicted molar refractivity (Wildman–Crippen MR) is 127 cm³/mol. The quantitative estimate of drug-likeness (QED) is 0.490. The van der Waals surface area contributed by atoms with Crippen LogP contribution in [-0.4, -0.2) is 57.1 Å². The van der Waals surface area contributed by atoms with Crippen molar-refractivity contribution in [1.82, 2.24) is 4.90 Å². The van der Waals surface area contributed by atoms with Crippen molar-refractivity contribution in [3.8, 4) is 5.75 Å². The van der Waals surface area contributed by atoms with Gasteiger partial charge in [0.25, 0.3) is 0 Å². The van der Waals surface area contributed by atoms with Gasteiger partial charge in [0.1, 0.15) is 18.5 Å². The molecule has 0 saturated carbocycles. The second-order valence-electron chi connectivity index (χ2n) is 7.60. The van der Waals surface area contributed by atoms with E-state index < -0.39 is 6.10 Å². The maximum absolute atomic E-state index is 10.1. The highest BCUT2D eigenvalue weighted by atomic mass is 16.5. The molecule has 31 heavy (non-hydrogen) atoms. The van der Waals surface area contributed by atoms with Gasteiger partial charge >= 0.3 is 0 Å². The smallest absolute Gasteiger partial charge is 0.119 e. The molecule has 3 aromatic carbocycles. The van der Waals surface area contributed by atoms with Crippen LogP contribution in [0.3, 0.4) is 0 Å². The van der Waals surface area contributed by atoms with Gasteiger partial charge in [-0.1, -0.05) is 72.8 Å². The van der Waals surface area contributed by atoms with Crippen molar-refractivity contribution in [1.29, 1.82) is 0 Å². The maximum Gasteiger partial charge on any atom is 0.119 e. The Morgan fingerprint density at radius 1 is 0.806 bits per heavy atom. The molecular weight excluding hydrogens is 386 g/mol. The van der Waals surface area contributed by atoms with Crippen LogP contribution in [0.5, 0.6) is 5.75 Å². The topological polar surface area (TPSA) is 41.9 Å². The molecule has 4 heteroatoms. The highest BCUT2D eigenvalue weighted by Gasteiger charge is 2.22. The molecule has 0 aliphatic heterocycles. The van der Waals surface area contributed by atoms with E-state index in [1.54, 1.807) is 7.11 Å². The van der Waals surface area contributed by atoms with Gasteiger partial charge in [0.05, 0.1) is 6.61 Å². The maximum atomic E-state index is 10.1. The summed E-state index contributed by atoms with van der Waals surface area (Å²) in [7, 11) is 5.69. The largest absolute Gasteiger partial charge is 0.492 e. The lowest BCUT2D eigenvalue weighted by Gasteiger charge is -2.23. The van der Waals surface area contributed by atoms with Crippen molar-refractivity contribution in [2.24, 2.45) is 0 Å². The average Bonchev–Trinajstić information content (AvgIpc) is 2.81. The summed E-state index contributed by atoms with van der Waals surface area (Å²) in [5, 5.41) is 10.1. The third kappa shape index (κ3) is 6.05. The molecule has 0 aliphatic rings. The van der Waals surface area contributed by atoms with Crippen LogP contribution in [0.1, 0.15) is 16.7 Å². The van der Waals surface area contributed by atoms with E-state index in [4.69, 9.17) is 9.47 Å². The lowest BCUT2D eigenvalue weighted by Crippen LogP contribution is -2.20. The van der Waals surface area contributed by atoms with E-state index in [9.17, 15) is 5.11 Å². The minimum atomic E-state index is -0.450. The molecule has 162 valence electrons. The Bertz CT molecular complexity index is 947. The zero-order chi connectivity index (χ0) is 22.1. The van der Waals surface area contributed by atoms with Crippen LogP contribution in [0.4, 0.5) is 0 Å². The molecule has 0 bridgehead atoms. The molecule has 0 radical (unpaired) electrons. The number of hydrogen-bond donors (Lipinski definition) is 1. The summed E-state index contributed by atoms with van der Waals surface area (Å²) in [5.41, 5.74) is 5.12. The lowest BCUT2D eigenvalue weighted by molar-refractivity contribution is 0.0888. The van der Waals surface area contributed by atoms with E-state index in [0.29, 0.717) is 6.61 Å². The van der Waals surface area contributed by atoms with E-state index in [-0.39, 0.29) is 6.61 Å². The molecule has 1 unspecified atom stereocenters. The second kappa shape index (κ2) is 11.5. The normalized spacial score (nSPS) is 13.1. The van der Waals surface area contributed by atoms with Gasteiger partial charge in [-0.25, -0.2) is 0 Å². The van der Waals surface area contributed by atoms with E-state index in [1.165, 1.54) is 0 Å². The molecule has 0 aliphatic carbocycles. The minimum Gasteiger partial charge on any atom is -0.492 e. The van der Waals surface area contributed by atoms with Crippen LogP contribution in [-0.2, 0) is 4.74 Å². The summed E-state index contributed by atoms with van der Waals surface area (Å²) in [6.45, 7) is 1.39. The molecule has 4 nitrogen and oxygen atoms in total. The summed E-state index contributed by atoms with van der Waals surface area (Å²) in [6.07, 6.45) is -0.450. The molecule has 3 rings (SSSR count). The molecule has 0 heterocycles. The molecular formula is C27H31NO3. The summed E-state index contributed by atoms with van der Waals surface area (Å²) in [4.78, 5) is 2.09. The average molecular weight is 418 g/mol. The van der Waals surface area contributed by atoms with Crippen LogP contribution < -0.4 is 4.74 Å². The summed E-state index contributed by atoms with van der Waals surface area (Å²) < 4.78 is 11.6. The SMILES string of the molecule is COC(CO)/C(=C(/c1ccccc1)c1ccc(OCCN(C)C)cc1)c1ccccc1. The zero-order valence-corrected chi connectivity index (χ0v) is 18.5. The summed E-state index contributed by atoms with van der Waals surface area (Å²) in [5.74, 6) is 0.838. The lowest BCUT2D eigenvalue weighted by atomic mass is 9.87. The van der Waals surface area contributed by atoms with Crippen LogP contribution in [0.25, 0.3) is 11.1 Å². The predicted octanol–water partition coefficient (Wildman–Crippen LogP) is 4.59. The Balaban J connectivity index is 2.11. The zero-order valence-electron chi connectivity index (χ0n) is 18.5. The first-order valence-corrected chi connectivity index (χ1v) is 10.5. The van der Waals surface area contributed by atoms with Crippen molar-refractivity contribution in [2.75, 3.05) is 41.0 Å². The Kier molecular flexibility index (Phi) is 8.42. The van der Waals surface area contributed by atoms with Crippen molar-refractivity contribution in [2.45, 2.75) is 6.10 Å². The highest BCUT2D eigenvalue weighted by molar-refractivity contribution is 6.00. The Morgan fingerprint density at radius 3 is 1.87 bits per heavy atom. The molecule has 0 amide bonds. The number of aliphatic hydroxyl groups excluding tert-OH is 1. The van der Waals surface area contributed by atoms with E-state index in [1.807, 2.05) is 62.6 Å². The summed E-state index contributed by atoms with van der Waals surface area (Å²) in [6, 6.07) is 28.5. The summed E-state index contributed by atoms with van der Waals surface area (Å²) >= 11 is 0. The Labute approximate surface area is 185 Å². The van der Waals surface area contributed by atoms with Crippen LogP contribution in [0, 0.1) is 0 Å². The van der Waals surface area contributed by atoms with Crippen LogP contribution in [0.15, 0.2) is 84.9 Å². The van der Waals surface area contributed by atoms with Gasteiger partial charge in [-0.15, -0.1) is 0 Å². The van der Waals surface area contributed by atoms with E-state index >= 15 is 0 Å². The fourth-order valence-electron chi connectivity index (χ4n) is 3.54. The first-order chi connectivity index (χ1) is 15.1. The van der Waals surface area contributed by atoms with Crippen molar-refractivity contribution < 1.29 is 14.6 Å². The number of ether oxygens (including phenoxy) is 2. The third-order valence-electron chi connectivity index (χ3n) is 5.14.